The zero-order valence-corrected chi connectivity index (χ0v) is 15.2. The third-order valence-corrected chi connectivity index (χ3v) is 5.92. The number of rotatable bonds is 6. The number of likely N-dealkylation sites (tertiary alicyclic amines) is 1. The summed E-state index contributed by atoms with van der Waals surface area (Å²) < 4.78 is 0. The number of aromatic nitrogens is 2. The van der Waals surface area contributed by atoms with Crippen LogP contribution in [-0.4, -0.2) is 39.4 Å². The number of allylic oxidation sites excluding steroid dienone is 2. The second-order valence-corrected chi connectivity index (χ2v) is 7.43. The molecule has 2 atom stereocenters. The quantitative estimate of drug-likeness (QED) is 0.619. The molecule has 7 nitrogen and oxygen atoms in total. The maximum Gasteiger partial charge on any atom is 0.246 e. The molecule has 3 rings (SSSR count). The van der Waals surface area contributed by atoms with Gasteiger partial charge in [0.05, 0.1) is 11.8 Å². The molecule has 1 aromatic rings. The minimum atomic E-state index is -0.416. The highest BCUT2D eigenvalue weighted by molar-refractivity contribution is 7.15. The SMILES string of the molecule is CCC(CC)c1nnc(NC(=O)CN2C(=O)[C@H]3CC=CC[C@@H]3C2=O)s1. The summed E-state index contributed by atoms with van der Waals surface area (Å²) in [5, 5.41) is 12.1. The average molecular weight is 362 g/mol. The van der Waals surface area contributed by atoms with Gasteiger partial charge in [0.1, 0.15) is 11.6 Å². The van der Waals surface area contributed by atoms with Gasteiger partial charge in [0.25, 0.3) is 0 Å². The van der Waals surface area contributed by atoms with E-state index in [1.54, 1.807) is 0 Å². The fraction of sp³-hybridized carbons (Fsp3) is 0.588. The van der Waals surface area contributed by atoms with Crippen LogP contribution in [0.5, 0.6) is 0 Å². The topological polar surface area (TPSA) is 92.3 Å². The molecular formula is C17H22N4O3S. The number of hydrogen-bond acceptors (Lipinski definition) is 6. The van der Waals surface area contributed by atoms with Gasteiger partial charge in [-0.05, 0) is 25.7 Å². The van der Waals surface area contributed by atoms with E-state index in [1.807, 2.05) is 12.2 Å². The van der Waals surface area contributed by atoms with Crippen LogP contribution in [0.4, 0.5) is 5.13 Å². The Morgan fingerprint density at radius 2 is 1.80 bits per heavy atom. The predicted octanol–water partition coefficient (Wildman–Crippen LogP) is 2.33. The van der Waals surface area contributed by atoms with E-state index in [4.69, 9.17) is 0 Å². The Kier molecular flexibility index (Phi) is 5.27. The monoisotopic (exact) mass is 362 g/mol. The van der Waals surface area contributed by atoms with Crippen molar-refractivity contribution >= 4 is 34.2 Å². The second kappa shape index (κ2) is 7.43. The Hall–Kier alpha value is -2.09. The highest BCUT2D eigenvalue weighted by Crippen LogP contribution is 2.35. The normalized spacial score (nSPS) is 22.6. The number of amides is 3. The first-order valence-corrected chi connectivity index (χ1v) is 9.50. The number of carbonyl (C=O) groups excluding carboxylic acids is 3. The molecule has 1 saturated heterocycles. The third-order valence-electron chi connectivity index (χ3n) is 4.92. The first-order chi connectivity index (χ1) is 12.0. The third kappa shape index (κ3) is 3.49. The van der Waals surface area contributed by atoms with Crippen molar-refractivity contribution in [2.45, 2.75) is 45.4 Å². The van der Waals surface area contributed by atoms with Crippen LogP contribution in [-0.2, 0) is 14.4 Å². The molecular weight excluding hydrogens is 340 g/mol. The highest BCUT2D eigenvalue weighted by atomic mass is 32.1. The van der Waals surface area contributed by atoms with Gasteiger partial charge in [-0.2, -0.15) is 0 Å². The molecule has 1 aromatic heterocycles. The first kappa shape index (κ1) is 17.7. The van der Waals surface area contributed by atoms with E-state index in [0.29, 0.717) is 23.9 Å². The fourth-order valence-corrected chi connectivity index (χ4v) is 4.44. The Bertz CT molecular complexity index is 685. The minimum absolute atomic E-state index is 0.246. The molecule has 1 fully saturated rings. The van der Waals surface area contributed by atoms with Crippen molar-refractivity contribution in [1.29, 1.82) is 0 Å². The standard InChI is InChI=1S/C17H22N4O3S/c1-3-10(4-2)14-19-20-17(25-14)18-13(22)9-21-15(23)11-7-5-6-8-12(11)16(21)24/h5-6,10-12H,3-4,7-9H2,1-2H3,(H,18,20,22)/t11-,12-/m0/s1. The van der Waals surface area contributed by atoms with Crippen molar-refractivity contribution in [3.63, 3.8) is 0 Å². The lowest BCUT2D eigenvalue weighted by Crippen LogP contribution is -2.38. The van der Waals surface area contributed by atoms with Crippen LogP contribution in [0.25, 0.3) is 0 Å². The van der Waals surface area contributed by atoms with Gasteiger partial charge in [0, 0.05) is 5.92 Å². The smallest absolute Gasteiger partial charge is 0.246 e. The Labute approximate surface area is 150 Å². The van der Waals surface area contributed by atoms with E-state index in [-0.39, 0.29) is 30.2 Å². The molecule has 1 N–H and O–H groups in total. The van der Waals surface area contributed by atoms with Gasteiger partial charge in [-0.3, -0.25) is 24.6 Å². The van der Waals surface area contributed by atoms with E-state index in [0.717, 1.165) is 22.7 Å². The van der Waals surface area contributed by atoms with Gasteiger partial charge in [-0.15, -0.1) is 10.2 Å². The first-order valence-electron chi connectivity index (χ1n) is 8.68. The molecule has 134 valence electrons. The van der Waals surface area contributed by atoms with E-state index in [9.17, 15) is 14.4 Å². The van der Waals surface area contributed by atoms with Gasteiger partial charge in [0.15, 0.2) is 0 Å². The van der Waals surface area contributed by atoms with E-state index < -0.39 is 5.91 Å². The van der Waals surface area contributed by atoms with Crippen molar-refractivity contribution in [3.05, 3.63) is 17.2 Å². The maximum atomic E-state index is 12.4. The minimum Gasteiger partial charge on any atom is -0.299 e. The molecule has 2 heterocycles. The molecule has 25 heavy (non-hydrogen) atoms. The van der Waals surface area contributed by atoms with Crippen LogP contribution in [0.2, 0.25) is 0 Å². The van der Waals surface area contributed by atoms with Gasteiger partial charge in [-0.25, -0.2) is 0 Å². The van der Waals surface area contributed by atoms with Crippen LogP contribution in [0.3, 0.4) is 0 Å². The Morgan fingerprint density at radius 1 is 1.20 bits per heavy atom. The van der Waals surface area contributed by atoms with Crippen molar-refractivity contribution < 1.29 is 14.4 Å². The number of nitrogens with one attached hydrogen (secondary N) is 1. The van der Waals surface area contributed by atoms with Gasteiger partial charge < -0.3 is 0 Å². The zero-order chi connectivity index (χ0) is 18.0. The summed E-state index contributed by atoms with van der Waals surface area (Å²) in [7, 11) is 0. The molecule has 3 amide bonds. The van der Waals surface area contributed by atoms with E-state index in [1.165, 1.54) is 11.3 Å². The summed E-state index contributed by atoms with van der Waals surface area (Å²) in [6, 6.07) is 0. The average Bonchev–Trinajstić information content (AvgIpc) is 3.16. The lowest BCUT2D eigenvalue weighted by molar-refractivity contribution is -0.142. The predicted molar refractivity (Wildman–Crippen MR) is 93.9 cm³/mol. The Morgan fingerprint density at radius 3 is 2.36 bits per heavy atom. The van der Waals surface area contributed by atoms with Gasteiger partial charge in [-0.1, -0.05) is 37.3 Å². The molecule has 2 aliphatic rings. The molecule has 0 aromatic carbocycles. The summed E-state index contributed by atoms with van der Waals surface area (Å²) in [6.45, 7) is 3.92. The number of anilines is 1. The van der Waals surface area contributed by atoms with Crippen LogP contribution >= 0.6 is 11.3 Å². The summed E-state index contributed by atoms with van der Waals surface area (Å²) in [5.74, 6) is -1.20. The van der Waals surface area contributed by atoms with Crippen molar-refractivity contribution in [3.8, 4) is 0 Å². The summed E-state index contributed by atoms with van der Waals surface area (Å²) in [6.07, 6.45) is 6.93. The lowest BCUT2D eigenvalue weighted by Gasteiger charge is -2.14. The zero-order valence-electron chi connectivity index (χ0n) is 14.4. The Balaban J connectivity index is 1.61. The van der Waals surface area contributed by atoms with Crippen molar-refractivity contribution in [1.82, 2.24) is 15.1 Å². The molecule has 0 unspecified atom stereocenters. The molecule has 0 radical (unpaired) electrons. The molecule has 8 heteroatoms. The number of hydrogen-bond donors (Lipinski definition) is 1. The van der Waals surface area contributed by atoms with Crippen LogP contribution < -0.4 is 5.32 Å². The largest absolute Gasteiger partial charge is 0.299 e. The molecule has 1 aliphatic carbocycles. The maximum absolute atomic E-state index is 12.4. The van der Waals surface area contributed by atoms with Crippen molar-refractivity contribution in [2.24, 2.45) is 11.8 Å². The molecule has 0 bridgehead atoms. The van der Waals surface area contributed by atoms with Crippen molar-refractivity contribution in [2.75, 3.05) is 11.9 Å². The van der Waals surface area contributed by atoms with Crippen LogP contribution in [0.1, 0.15) is 50.5 Å². The van der Waals surface area contributed by atoms with Gasteiger partial charge >= 0.3 is 0 Å². The second-order valence-electron chi connectivity index (χ2n) is 6.43. The number of nitrogens with zero attached hydrogens (tertiary/aromatic N) is 3. The lowest BCUT2D eigenvalue weighted by atomic mass is 9.85. The van der Waals surface area contributed by atoms with Gasteiger partial charge in [0.2, 0.25) is 22.9 Å². The molecule has 0 spiro atoms. The molecule has 1 aliphatic heterocycles. The molecule has 0 saturated carbocycles. The van der Waals surface area contributed by atoms with E-state index in [2.05, 4.69) is 29.4 Å². The number of carbonyl (C=O) groups is 3. The summed E-state index contributed by atoms with van der Waals surface area (Å²) in [5.41, 5.74) is 0. The number of fused-ring (bicyclic) bond motifs is 1. The van der Waals surface area contributed by atoms with E-state index >= 15 is 0 Å². The fourth-order valence-electron chi connectivity index (χ4n) is 3.42. The van der Waals surface area contributed by atoms with Crippen LogP contribution in [0.15, 0.2) is 12.2 Å². The summed E-state index contributed by atoms with van der Waals surface area (Å²) in [4.78, 5) is 38.1. The van der Waals surface area contributed by atoms with Crippen LogP contribution in [0, 0.1) is 11.8 Å². The highest BCUT2D eigenvalue weighted by Gasteiger charge is 2.47. The summed E-state index contributed by atoms with van der Waals surface area (Å²) >= 11 is 1.35. The number of imide groups is 1.